The normalized spacial score (nSPS) is 22.0. The molecule has 1 saturated heterocycles. The molecule has 1 aliphatic rings. The molecular formula is C17H21N3O4S. The van der Waals surface area contributed by atoms with Crippen LogP contribution in [-0.4, -0.2) is 62.2 Å². The van der Waals surface area contributed by atoms with E-state index in [2.05, 4.69) is 10.3 Å². The fourth-order valence-corrected chi connectivity index (χ4v) is 4.92. The van der Waals surface area contributed by atoms with Crippen molar-refractivity contribution in [3.8, 4) is 0 Å². The number of carbonyl (C=O) groups is 1. The summed E-state index contributed by atoms with van der Waals surface area (Å²) < 4.78 is 23.1. The standard InChI is InChI=1S/C17H21N3O4S/c1-20(2)15-9-14(19-13-6-4-3-5-12(13)15)16(21)18-10-17(22)7-8-25(23,24)11-17/h3-6,9,22H,7-8,10-11H2,1-2H3,(H,18,21). The van der Waals surface area contributed by atoms with E-state index in [1.807, 2.05) is 43.3 Å². The first kappa shape index (κ1) is 17.6. The number of hydrogen-bond donors (Lipinski definition) is 2. The summed E-state index contributed by atoms with van der Waals surface area (Å²) in [6, 6.07) is 9.21. The fourth-order valence-electron chi connectivity index (χ4n) is 3.02. The molecule has 7 nitrogen and oxygen atoms in total. The van der Waals surface area contributed by atoms with Crippen LogP contribution in [0.2, 0.25) is 0 Å². The summed E-state index contributed by atoms with van der Waals surface area (Å²) in [4.78, 5) is 18.7. The molecule has 3 rings (SSSR count). The van der Waals surface area contributed by atoms with Gasteiger partial charge in [0.25, 0.3) is 5.91 Å². The van der Waals surface area contributed by atoms with Crippen LogP contribution in [0.1, 0.15) is 16.9 Å². The van der Waals surface area contributed by atoms with Gasteiger partial charge in [-0.3, -0.25) is 4.79 Å². The van der Waals surface area contributed by atoms with Gasteiger partial charge in [-0.05, 0) is 18.6 Å². The highest BCUT2D eigenvalue weighted by molar-refractivity contribution is 7.91. The maximum absolute atomic E-state index is 12.5. The second-order valence-corrected chi connectivity index (χ2v) is 8.87. The Morgan fingerprint density at radius 2 is 2.08 bits per heavy atom. The SMILES string of the molecule is CN(C)c1cc(C(=O)NCC2(O)CCS(=O)(=O)C2)nc2ccccc12. The van der Waals surface area contributed by atoms with Gasteiger partial charge in [-0.15, -0.1) is 0 Å². The van der Waals surface area contributed by atoms with Crippen LogP contribution in [0.4, 0.5) is 5.69 Å². The van der Waals surface area contributed by atoms with E-state index in [1.165, 1.54) is 0 Å². The van der Waals surface area contributed by atoms with Crippen LogP contribution in [0.5, 0.6) is 0 Å². The van der Waals surface area contributed by atoms with Crippen molar-refractivity contribution in [1.29, 1.82) is 0 Å². The highest BCUT2D eigenvalue weighted by Gasteiger charge is 2.40. The van der Waals surface area contributed by atoms with Crippen LogP contribution >= 0.6 is 0 Å². The number of para-hydroxylation sites is 1. The molecule has 1 fully saturated rings. The van der Waals surface area contributed by atoms with Crippen LogP contribution in [0.3, 0.4) is 0 Å². The summed E-state index contributed by atoms with van der Waals surface area (Å²) in [5.74, 6) is -0.821. The molecule has 1 aliphatic heterocycles. The predicted octanol–water partition coefficient (Wildman–Crippen LogP) is 0.580. The molecule has 1 atom stereocenters. The number of nitrogens with one attached hydrogen (secondary N) is 1. The number of aliphatic hydroxyl groups is 1. The average Bonchev–Trinajstić information content (AvgIpc) is 2.85. The number of aromatic nitrogens is 1. The molecule has 1 unspecified atom stereocenters. The second kappa shape index (κ2) is 6.27. The molecule has 1 amide bonds. The summed E-state index contributed by atoms with van der Waals surface area (Å²) in [6.07, 6.45) is 0.129. The van der Waals surface area contributed by atoms with Crippen LogP contribution in [-0.2, 0) is 9.84 Å². The van der Waals surface area contributed by atoms with Gasteiger partial charge >= 0.3 is 0 Å². The Hall–Kier alpha value is -2.19. The molecule has 8 heteroatoms. The lowest BCUT2D eigenvalue weighted by molar-refractivity contribution is 0.0607. The zero-order chi connectivity index (χ0) is 18.2. The van der Waals surface area contributed by atoms with Gasteiger partial charge in [-0.1, -0.05) is 18.2 Å². The first-order chi connectivity index (χ1) is 11.7. The summed E-state index contributed by atoms with van der Waals surface area (Å²) >= 11 is 0. The van der Waals surface area contributed by atoms with Crippen LogP contribution < -0.4 is 10.2 Å². The zero-order valence-electron chi connectivity index (χ0n) is 14.2. The third kappa shape index (κ3) is 3.74. The minimum atomic E-state index is -3.24. The van der Waals surface area contributed by atoms with E-state index in [1.54, 1.807) is 6.07 Å². The van der Waals surface area contributed by atoms with E-state index < -0.39 is 21.3 Å². The quantitative estimate of drug-likeness (QED) is 0.824. The van der Waals surface area contributed by atoms with E-state index in [9.17, 15) is 18.3 Å². The molecule has 25 heavy (non-hydrogen) atoms. The van der Waals surface area contributed by atoms with Crippen molar-refractivity contribution in [2.24, 2.45) is 0 Å². The van der Waals surface area contributed by atoms with Crippen LogP contribution in [0, 0.1) is 0 Å². The van der Waals surface area contributed by atoms with Crippen molar-refractivity contribution in [3.63, 3.8) is 0 Å². The van der Waals surface area contributed by atoms with Gasteiger partial charge in [0.05, 0.1) is 22.6 Å². The maximum Gasteiger partial charge on any atom is 0.270 e. The van der Waals surface area contributed by atoms with E-state index >= 15 is 0 Å². The molecule has 0 spiro atoms. The predicted molar refractivity (Wildman–Crippen MR) is 96.6 cm³/mol. The van der Waals surface area contributed by atoms with Gasteiger partial charge in [0, 0.05) is 31.7 Å². The Morgan fingerprint density at radius 1 is 1.36 bits per heavy atom. The van der Waals surface area contributed by atoms with Gasteiger partial charge in [0.1, 0.15) is 5.69 Å². The Kier molecular flexibility index (Phi) is 4.42. The largest absolute Gasteiger partial charge is 0.387 e. The Balaban J connectivity index is 1.83. The number of carbonyl (C=O) groups excluding carboxylic acids is 1. The minimum absolute atomic E-state index is 0.0572. The van der Waals surface area contributed by atoms with Gasteiger partial charge in [-0.25, -0.2) is 13.4 Å². The van der Waals surface area contributed by atoms with Crippen molar-refractivity contribution in [3.05, 3.63) is 36.0 Å². The van der Waals surface area contributed by atoms with E-state index in [-0.39, 0.29) is 30.2 Å². The summed E-state index contributed by atoms with van der Waals surface area (Å²) in [6.45, 7) is -0.114. The van der Waals surface area contributed by atoms with Crippen molar-refractivity contribution in [2.75, 3.05) is 37.0 Å². The topological polar surface area (TPSA) is 99.6 Å². The fraction of sp³-hybridized carbons (Fsp3) is 0.412. The molecule has 1 aromatic carbocycles. The smallest absolute Gasteiger partial charge is 0.270 e. The van der Waals surface area contributed by atoms with E-state index in [0.29, 0.717) is 5.52 Å². The molecule has 2 N–H and O–H groups in total. The van der Waals surface area contributed by atoms with Crippen molar-refractivity contribution >= 4 is 32.3 Å². The number of rotatable bonds is 4. The number of sulfone groups is 1. The molecular weight excluding hydrogens is 342 g/mol. The first-order valence-corrected chi connectivity index (χ1v) is 9.79. The molecule has 0 bridgehead atoms. The maximum atomic E-state index is 12.5. The summed E-state index contributed by atoms with van der Waals surface area (Å²) in [7, 11) is 0.532. The van der Waals surface area contributed by atoms with Gasteiger partial charge in [-0.2, -0.15) is 0 Å². The first-order valence-electron chi connectivity index (χ1n) is 7.97. The monoisotopic (exact) mass is 363 g/mol. The van der Waals surface area contributed by atoms with Gasteiger partial charge in [0.15, 0.2) is 9.84 Å². The number of pyridine rings is 1. The number of fused-ring (bicyclic) bond motifs is 1. The molecule has 0 saturated carbocycles. The molecule has 1 aromatic heterocycles. The average molecular weight is 363 g/mol. The van der Waals surface area contributed by atoms with E-state index in [4.69, 9.17) is 0 Å². The number of benzene rings is 1. The van der Waals surface area contributed by atoms with Crippen molar-refractivity contribution < 1.29 is 18.3 Å². The lowest BCUT2D eigenvalue weighted by Crippen LogP contribution is -2.44. The second-order valence-electron chi connectivity index (χ2n) is 6.69. The van der Waals surface area contributed by atoms with Crippen molar-refractivity contribution in [1.82, 2.24) is 10.3 Å². The number of anilines is 1. The molecule has 2 heterocycles. The van der Waals surface area contributed by atoms with Gasteiger partial charge < -0.3 is 15.3 Å². The zero-order valence-corrected chi connectivity index (χ0v) is 15.0. The summed E-state index contributed by atoms with van der Waals surface area (Å²) in [5, 5.41) is 13.9. The Labute approximate surface area is 146 Å². The molecule has 0 radical (unpaired) electrons. The third-order valence-electron chi connectivity index (χ3n) is 4.35. The van der Waals surface area contributed by atoms with Gasteiger partial charge in [0.2, 0.25) is 0 Å². The number of nitrogens with zero attached hydrogens (tertiary/aromatic N) is 2. The number of amides is 1. The summed E-state index contributed by atoms with van der Waals surface area (Å²) in [5.41, 5.74) is 0.376. The molecule has 2 aromatic rings. The highest BCUT2D eigenvalue weighted by atomic mass is 32.2. The van der Waals surface area contributed by atoms with Crippen LogP contribution in [0.25, 0.3) is 10.9 Å². The van der Waals surface area contributed by atoms with Crippen molar-refractivity contribution in [2.45, 2.75) is 12.0 Å². The lowest BCUT2D eigenvalue weighted by Gasteiger charge is -2.21. The van der Waals surface area contributed by atoms with Crippen LogP contribution in [0.15, 0.2) is 30.3 Å². The number of hydrogen-bond acceptors (Lipinski definition) is 6. The Bertz CT molecular complexity index is 927. The lowest BCUT2D eigenvalue weighted by atomic mass is 10.0. The minimum Gasteiger partial charge on any atom is -0.387 e. The third-order valence-corrected chi connectivity index (χ3v) is 6.16. The molecule has 0 aliphatic carbocycles. The van der Waals surface area contributed by atoms with E-state index in [0.717, 1.165) is 11.1 Å². The Morgan fingerprint density at radius 3 is 2.72 bits per heavy atom. The highest BCUT2D eigenvalue weighted by Crippen LogP contribution is 2.26. The molecule has 134 valence electrons.